The van der Waals surface area contributed by atoms with Crippen LogP contribution in [0.5, 0.6) is 0 Å². The predicted molar refractivity (Wildman–Crippen MR) is 110 cm³/mol. The van der Waals surface area contributed by atoms with E-state index >= 15 is 0 Å². The van der Waals surface area contributed by atoms with E-state index < -0.39 is 5.97 Å². The summed E-state index contributed by atoms with van der Waals surface area (Å²) >= 11 is 0. The minimum absolute atomic E-state index is 0.0199. The Morgan fingerprint density at radius 3 is 2.52 bits per heavy atom. The Hall–Kier alpha value is -2.93. The second-order valence-corrected chi connectivity index (χ2v) is 7.44. The van der Waals surface area contributed by atoms with Gasteiger partial charge in [-0.15, -0.1) is 0 Å². The third-order valence-corrected chi connectivity index (χ3v) is 5.42. The van der Waals surface area contributed by atoms with Crippen LogP contribution in [-0.4, -0.2) is 59.5 Å². The van der Waals surface area contributed by atoms with Crippen LogP contribution < -0.4 is 10.6 Å². The molecule has 3 rings (SSSR count). The number of carboxylic acid groups (broad SMARTS) is 1. The van der Waals surface area contributed by atoms with Crippen LogP contribution >= 0.6 is 0 Å². The maximum atomic E-state index is 12.3. The molecule has 2 aromatic rings. The number of hydrogen-bond acceptors (Lipinski definition) is 4. The van der Waals surface area contributed by atoms with Crippen molar-refractivity contribution in [3.8, 4) is 0 Å². The molecule has 1 aliphatic rings. The number of aliphatic carboxylic acids is 1. The number of carbonyl (C=O) groups is 3. The van der Waals surface area contributed by atoms with Crippen molar-refractivity contribution in [2.24, 2.45) is 0 Å². The lowest BCUT2D eigenvalue weighted by Crippen LogP contribution is -2.56. The van der Waals surface area contributed by atoms with Crippen LogP contribution in [0.3, 0.4) is 0 Å². The van der Waals surface area contributed by atoms with E-state index in [1.807, 2.05) is 54.3 Å². The zero-order valence-corrected chi connectivity index (χ0v) is 16.6. The minimum atomic E-state index is -0.840. The highest BCUT2D eigenvalue weighted by Gasteiger charge is 2.34. The highest BCUT2D eigenvalue weighted by molar-refractivity contribution is 5.91. The van der Waals surface area contributed by atoms with Crippen molar-refractivity contribution in [2.45, 2.75) is 38.3 Å². The lowest BCUT2D eigenvalue weighted by Gasteiger charge is -2.42. The number of nitrogens with zero attached hydrogens (tertiary/aromatic N) is 1. The molecule has 154 valence electrons. The molecule has 7 heteroatoms. The Morgan fingerprint density at radius 2 is 1.79 bits per heavy atom. The van der Waals surface area contributed by atoms with Gasteiger partial charge in [0.05, 0.1) is 19.5 Å². The number of rotatable bonds is 9. The third kappa shape index (κ3) is 5.54. The first-order chi connectivity index (χ1) is 14.0. The number of nitrogens with one attached hydrogen (secondary N) is 2. The van der Waals surface area contributed by atoms with E-state index in [1.54, 1.807) is 0 Å². The monoisotopic (exact) mass is 397 g/mol. The molecule has 1 saturated carbocycles. The normalized spacial score (nSPS) is 18.3. The second kappa shape index (κ2) is 9.52. The topological polar surface area (TPSA) is 98.7 Å². The van der Waals surface area contributed by atoms with E-state index in [2.05, 4.69) is 10.6 Å². The van der Waals surface area contributed by atoms with Gasteiger partial charge in [-0.25, -0.2) is 0 Å². The molecule has 0 radical (unpaired) electrons. The van der Waals surface area contributed by atoms with Crippen molar-refractivity contribution in [3.63, 3.8) is 0 Å². The van der Waals surface area contributed by atoms with Gasteiger partial charge in [0.1, 0.15) is 0 Å². The third-order valence-electron chi connectivity index (χ3n) is 5.42. The lowest BCUT2D eigenvalue weighted by atomic mass is 9.85. The maximum Gasteiger partial charge on any atom is 0.317 e. The largest absolute Gasteiger partial charge is 0.480 e. The molecule has 0 atom stereocenters. The number of benzene rings is 2. The van der Waals surface area contributed by atoms with E-state index in [1.165, 1.54) is 0 Å². The van der Waals surface area contributed by atoms with E-state index in [4.69, 9.17) is 5.11 Å². The lowest BCUT2D eigenvalue weighted by molar-refractivity contribution is -0.139. The predicted octanol–water partition coefficient (Wildman–Crippen LogP) is 1.55. The molecular weight excluding hydrogens is 370 g/mol. The number of amides is 2. The molecule has 0 aromatic heterocycles. The molecule has 0 aliphatic heterocycles. The molecule has 29 heavy (non-hydrogen) atoms. The summed E-state index contributed by atoms with van der Waals surface area (Å²) in [4.78, 5) is 37.1. The van der Waals surface area contributed by atoms with Gasteiger partial charge < -0.3 is 15.7 Å². The molecule has 3 N–H and O–H groups in total. The van der Waals surface area contributed by atoms with E-state index in [0.29, 0.717) is 6.54 Å². The average Bonchev–Trinajstić information content (AvgIpc) is 2.67. The smallest absolute Gasteiger partial charge is 0.317 e. The molecule has 0 unspecified atom stereocenters. The Bertz CT molecular complexity index is 887. The van der Waals surface area contributed by atoms with E-state index in [0.717, 1.165) is 29.2 Å². The van der Waals surface area contributed by atoms with Gasteiger partial charge in [-0.1, -0.05) is 49.4 Å². The summed E-state index contributed by atoms with van der Waals surface area (Å²) in [6.07, 6.45) is 1.69. The highest BCUT2D eigenvalue weighted by Crippen LogP contribution is 2.25. The number of hydrogen-bond donors (Lipinski definition) is 3. The summed E-state index contributed by atoms with van der Waals surface area (Å²) in [5.41, 5.74) is 0.931. The first-order valence-electron chi connectivity index (χ1n) is 9.94. The minimum Gasteiger partial charge on any atom is -0.480 e. The van der Waals surface area contributed by atoms with E-state index in [9.17, 15) is 14.4 Å². The highest BCUT2D eigenvalue weighted by atomic mass is 16.4. The van der Waals surface area contributed by atoms with Crippen LogP contribution in [0.15, 0.2) is 42.5 Å². The van der Waals surface area contributed by atoms with Crippen LogP contribution in [0.2, 0.25) is 0 Å². The molecule has 2 aromatic carbocycles. The Morgan fingerprint density at radius 1 is 1.07 bits per heavy atom. The first-order valence-corrected chi connectivity index (χ1v) is 9.94. The quantitative estimate of drug-likeness (QED) is 0.596. The van der Waals surface area contributed by atoms with Gasteiger partial charge in [0.2, 0.25) is 11.8 Å². The van der Waals surface area contributed by atoms with Gasteiger partial charge >= 0.3 is 5.97 Å². The SMILES string of the molecule is CCN(CC(=O)O)C1CC(NC(=O)CNC(=O)Cc2cccc3ccccc23)C1. The summed E-state index contributed by atoms with van der Waals surface area (Å²) in [6, 6.07) is 14.0. The van der Waals surface area contributed by atoms with Crippen LogP contribution in [-0.2, 0) is 20.8 Å². The maximum absolute atomic E-state index is 12.3. The number of carboxylic acids is 1. The standard InChI is InChI=1S/C22H27N3O4/c1-2-25(14-22(28)29)18-11-17(12-18)24-21(27)13-23-20(26)10-16-8-5-7-15-6-3-4-9-19(15)16/h3-9,17-18H,2,10-14H2,1H3,(H,23,26)(H,24,27)(H,28,29). The van der Waals surface area contributed by atoms with Crippen molar-refractivity contribution >= 4 is 28.6 Å². The first kappa shape index (κ1) is 20.8. The number of carbonyl (C=O) groups excluding carboxylic acids is 2. The molecule has 0 heterocycles. The van der Waals surface area contributed by atoms with Gasteiger partial charge in [-0.2, -0.15) is 0 Å². The zero-order valence-electron chi connectivity index (χ0n) is 16.6. The number of likely N-dealkylation sites (N-methyl/N-ethyl adjacent to an activating group) is 1. The van der Waals surface area contributed by atoms with Crippen molar-refractivity contribution in [2.75, 3.05) is 19.6 Å². The molecule has 1 aliphatic carbocycles. The van der Waals surface area contributed by atoms with Gasteiger partial charge in [-0.05, 0) is 35.7 Å². The van der Waals surface area contributed by atoms with Gasteiger partial charge in [-0.3, -0.25) is 19.3 Å². The summed E-state index contributed by atoms with van der Waals surface area (Å²) in [5.74, 6) is -1.25. The van der Waals surface area contributed by atoms with Gasteiger partial charge in [0.25, 0.3) is 0 Å². The van der Waals surface area contributed by atoms with Crippen LogP contribution in [0.4, 0.5) is 0 Å². The molecule has 0 saturated heterocycles. The summed E-state index contributed by atoms with van der Waals surface area (Å²) in [7, 11) is 0. The summed E-state index contributed by atoms with van der Waals surface area (Å²) < 4.78 is 0. The van der Waals surface area contributed by atoms with Crippen molar-refractivity contribution < 1.29 is 19.5 Å². The van der Waals surface area contributed by atoms with E-state index in [-0.39, 0.29) is 43.4 Å². The summed E-state index contributed by atoms with van der Waals surface area (Å²) in [6.45, 7) is 2.56. The fraction of sp³-hybridized carbons (Fsp3) is 0.409. The Labute approximate surface area is 170 Å². The van der Waals surface area contributed by atoms with Crippen molar-refractivity contribution in [1.29, 1.82) is 0 Å². The Kier molecular flexibility index (Phi) is 6.82. The fourth-order valence-corrected chi connectivity index (χ4v) is 3.82. The number of fused-ring (bicyclic) bond motifs is 1. The fourth-order valence-electron chi connectivity index (χ4n) is 3.82. The zero-order chi connectivity index (χ0) is 20.8. The molecule has 1 fully saturated rings. The average molecular weight is 397 g/mol. The molecule has 2 amide bonds. The Balaban J connectivity index is 1.41. The summed E-state index contributed by atoms with van der Waals surface area (Å²) in [5, 5.41) is 16.6. The molecular formula is C22H27N3O4. The van der Waals surface area contributed by atoms with Crippen LogP contribution in [0, 0.1) is 0 Å². The molecule has 7 nitrogen and oxygen atoms in total. The van der Waals surface area contributed by atoms with Crippen molar-refractivity contribution in [1.82, 2.24) is 15.5 Å². The van der Waals surface area contributed by atoms with Crippen LogP contribution in [0.1, 0.15) is 25.3 Å². The molecule has 0 bridgehead atoms. The van der Waals surface area contributed by atoms with Crippen LogP contribution in [0.25, 0.3) is 10.8 Å². The van der Waals surface area contributed by atoms with Crippen molar-refractivity contribution in [3.05, 3.63) is 48.0 Å². The second-order valence-electron chi connectivity index (χ2n) is 7.44. The van der Waals surface area contributed by atoms with Gasteiger partial charge in [0, 0.05) is 12.1 Å². The molecule has 0 spiro atoms. The van der Waals surface area contributed by atoms with Gasteiger partial charge in [0.15, 0.2) is 0 Å².